The average Bonchev–Trinajstić information content (AvgIpc) is 1.85. The van der Waals surface area contributed by atoms with Gasteiger partial charge < -0.3 is 10.1 Å². The predicted molar refractivity (Wildman–Crippen MR) is 36.1 cm³/mol. The van der Waals surface area contributed by atoms with Gasteiger partial charge >= 0.3 is 29.6 Å². The second kappa shape index (κ2) is 4.82. The summed E-state index contributed by atoms with van der Waals surface area (Å²) in [5, 5.41) is 10.9. The van der Waals surface area contributed by atoms with Gasteiger partial charge in [0.25, 0.3) is 5.56 Å². The van der Waals surface area contributed by atoms with Gasteiger partial charge in [0.15, 0.2) is 5.16 Å². The fourth-order valence-electron chi connectivity index (χ4n) is 0.511. The van der Waals surface area contributed by atoms with E-state index in [1.54, 1.807) is 6.26 Å². The molecule has 6 heteroatoms. The second-order valence-corrected chi connectivity index (χ2v) is 2.39. The minimum atomic E-state index is -0.492. The summed E-state index contributed by atoms with van der Waals surface area (Å²) in [6.45, 7) is 0. The van der Waals surface area contributed by atoms with Gasteiger partial charge in [0.1, 0.15) is 0 Å². The number of nitrogens with one attached hydrogen (secondary N) is 1. The monoisotopic (exact) mass is 180 g/mol. The molecule has 0 atom stereocenters. The molecule has 0 aliphatic carbocycles. The van der Waals surface area contributed by atoms with Crippen LogP contribution < -0.4 is 40.2 Å². The maximum Gasteiger partial charge on any atom is 1.00 e. The van der Waals surface area contributed by atoms with E-state index in [0.717, 1.165) is 6.07 Å². The van der Waals surface area contributed by atoms with Crippen LogP contribution in [0.3, 0.4) is 0 Å². The van der Waals surface area contributed by atoms with Crippen LogP contribution in [0.5, 0.6) is 5.88 Å². The van der Waals surface area contributed by atoms with E-state index in [4.69, 9.17) is 0 Å². The molecule has 0 radical (unpaired) electrons. The van der Waals surface area contributed by atoms with E-state index in [-0.39, 0.29) is 29.6 Å². The summed E-state index contributed by atoms with van der Waals surface area (Å²) in [4.78, 5) is 16.5. The summed E-state index contributed by atoms with van der Waals surface area (Å²) in [6.07, 6.45) is 1.73. The Morgan fingerprint density at radius 3 is 2.82 bits per heavy atom. The van der Waals surface area contributed by atoms with E-state index < -0.39 is 11.4 Å². The molecule has 1 aromatic rings. The Kier molecular flexibility index (Phi) is 4.83. The molecule has 4 nitrogen and oxygen atoms in total. The van der Waals surface area contributed by atoms with Gasteiger partial charge in [0.05, 0.1) is 0 Å². The fraction of sp³-hybridized carbons (Fsp3) is 0.200. The van der Waals surface area contributed by atoms with E-state index >= 15 is 0 Å². The van der Waals surface area contributed by atoms with Gasteiger partial charge in [-0.15, -0.1) is 0 Å². The first-order valence-corrected chi connectivity index (χ1v) is 3.77. The first kappa shape index (κ1) is 11.0. The summed E-state index contributed by atoms with van der Waals surface area (Å²) >= 11 is 1.23. The van der Waals surface area contributed by atoms with Crippen molar-refractivity contribution in [1.82, 2.24) is 9.97 Å². The number of aromatic nitrogens is 2. The van der Waals surface area contributed by atoms with Crippen LogP contribution >= 0.6 is 11.8 Å². The molecular weight excluding hydrogens is 175 g/mol. The molecule has 0 fully saturated rings. The molecule has 0 aliphatic rings. The number of rotatable bonds is 1. The van der Waals surface area contributed by atoms with Crippen molar-refractivity contribution in [1.29, 1.82) is 0 Å². The summed E-state index contributed by atoms with van der Waals surface area (Å²) in [5.41, 5.74) is -0.399. The molecule has 0 saturated carbocycles. The van der Waals surface area contributed by atoms with Crippen LogP contribution in [0.15, 0.2) is 16.0 Å². The van der Waals surface area contributed by atoms with Gasteiger partial charge in [-0.3, -0.25) is 4.79 Å². The molecule has 0 bridgehead atoms. The molecular formula is C5H5N2NaO2S. The molecule has 11 heavy (non-hydrogen) atoms. The average molecular weight is 180 g/mol. The molecule has 1 N–H and O–H groups in total. The van der Waals surface area contributed by atoms with Crippen molar-refractivity contribution in [2.24, 2.45) is 0 Å². The molecule has 0 spiro atoms. The van der Waals surface area contributed by atoms with Gasteiger partial charge in [-0.05, 0) is 12.1 Å². The quantitative estimate of drug-likeness (QED) is 0.277. The number of nitrogens with zero attached hydrogens (tertiary/aromatic N) is 1. The van der Waals surface area contributed by atoms with Crippen molar-refractivity contribution in [3.63, 3.8) is 0 Å². The van der Waals surface area contributed by atoms with Crippen molar-refractivity contribution < 1.29 is 34.7 Å². The number of hydrogen-bond acceptors (Lipinski definition) is 4. The first-order chi connectivity index (χ1) is 4.72. The third-order valence-electron chi connectivity index (χ3n) is 0.890. The van der Waals surface area contributed by atoms with E-state index in [0.29, 0.717) is 5.16 Å². The second-order valence-electron chi connectivity index (χ2n) is 1.59. The van der Waals surface area contributed by atoms with Crippen LogP contribution in [0.1, 0.15) is 0 Å². The molecule has 1 rings (SSSR count). The molecule has 1 heterocycles. The van der Waals surface area contributed by atoms with Gasteiger partial charge in [-0.2, -0.15) is 0 Å². The van der Waals surface area contributed by atoms with Crippen LogP contribution in [-0.4, -0.2) is 16.2 Å². The Hall–Kier alpha value is 0.0300. The third kappa shape index (κ3) is 3.29. The van der Waals surface area contributed by atoms with E-state index in [9.17, 15) is 9.90 Å². The number of aromatic amines is 1. The van der Waals surface area contributed by atoms with Gasteiger partial charge in [-0.1, -0.05) is 11.8 Å². The standard InChI is InChI=1S/C5H6N2O2S.Na/c1-10-5-6-3(8)2-4(9)7-5;/h2H,1H3,(H2,6,7,8,9);/q;+1/p-1. The molecule has 0 unspecified atom stereocenters. The maximum atomic E-state index is 10.6. The van der Waals surface area contributed by atoms with Crippen molar-refractivity contribution in [3.8, 4) is 5.88 Å². The van der Waals surface area contributed by atoms with E-state index in [2.05, 4.69) is 9.97 Å². The fourth-order valence-corrected chi connectivity index (χ4v) is 0.895. The van der Waals surface area contributed by atoms with Crippen molar-refractivity contribution in [3.05, 3.63) is 16.4 Å². The van der Waals surface area contributed by atoms with Crippen LogP contribution in [0.25, 0.3) is 0 Å². The molecule has 54 valence electrons. The van der Waals surface area contributed by atoms with E-state index in [1.165, 1.54) is 11.8 Å². The summed E-state index contributed by atoms with van der Waals surface area (Å²) in [5.74, 6) is -0.492. The Bertz CT molecular complexity index is 288. The van der Waals surface area contributed by atoms with Crippen molar-refractivity contribution in [2.45, 2.75) is 5.16 Å². The van der Waals surface area contributed by atoms with Crippen LogP contribution in [0, 0.1) is 0 Å². The van der Waals surface area contributed by atoms with Crippen molar-refractivity contribution in [2.75, 3.05) is 6.26 Å². The molecule has 1 aromatic heterocycles. The van der Waals surface area contributed by atoms with Crippen LogP contribution in [0.4, 0.5) is 0 Å². The number of hydrogen-bond donors (Lipinski definition) is 1. The zero-order valence-electron chi connectivity index (χ0n) is 6.25. The summed E-state index contributed by atoms with van der Waals surface area (Å²) in [6, 6.07) is 0.916. The molecule has 0 saturated heterocycles. The molecule has 0 aliphatic heterocycles. The predicted octanol–water partition coefficient (Wildman–Crippen LogP) is -3.43. The van der Waals surface area contributed by atoms with Crippen molar-refractivity contribution >= 4 is 11.8 Å². The number of H-pyrrole nitrogens is 1. The largest absolute Gasteiger partial charge is 1.00 e. The normalized spacial score (nSPS) is 8.82. The maximum absolute atomic E-state index is 10.6. The summed E-state index contributed by atoms with van der Waals surface area (Å²) < 4.78 is 0. The zero-order valence-corrected chi connectivity index (χ0v) is 9.07. The minimum Gasteiger partial charge on any atom is -0.858 e. The summed E-state index contributed by atoms with van der Waals surface area (Å²) in [7, 11) is 0. The Balaban J connectivity index is 0.000001000. The minimum absolute atomic E-state index is 0. The Morgan fingerprint density at radius 1 is 1.73 bits per heavy atom. The zero-order chi connectivity index (χ0) is 7.56. The number of thioether (sulfide) groups is 1. The Morgan fingerprint density at radius 2 is 2.36 bits per heavy atom. The topological polar surface area (TPSA) is 68.8 Å². The van der Waals surface area contributed by atoms with Gasteiger partial charge in [-0.25, -0.2) is 4.98 Å². The Labute approximate surface area is 89.7 Å². The smallest absolute Gasteiger partial charge is 0.858 e. The first-order valence-electron chi connectivity index (χ1n) is 2.55. The van der Waals surface area contributed by atoms with Crippen LogP contribution in [0.2, 0.25) is 0 Å². The van der Waals surface area contributed by atoms with Crippen LogP contribution in [-0.2, 0) is 0 Å². The SMILES string of the molecule is CSc1nc([O-])cc(=O)[nH]1.[Na+]. The van der Waals surface area contributed by atoms with E-state index in [1.807, 2.05) is 0 Å². The molecule has 0 amide bonds. The third-order valence-corrected chi connectivity index (χ3v) is 1.47. The van der Waals surface area contributed by atoms with Gasteiger partial charge in [0.2, 0.25) is 0 Å². The van der Waals surface area contributed by atoms with Gasteiger partial charge in [0, 0.05) is 6.07 Å². The molecule has 0 aromatic carbocycles.